The van der Waals surface area contributed by atoms with Crippen molar-refractivity contribution >= 4 is 23.5 Å². The van der Waals surface area contributed by atoms with Gasteiger partial charge >= 0.3 is 5.97 Å². The van der Waals surface area contributed by atoms with Crippen molar-refractivity contribution in [2.75, 3.05) is 18.5 Å². The van der Waals surface area contributed by atoms with Crippen molar-refractivity contribution in [2.45, 2.75) is 34.2 Å². The SMILES string of the molecule is CCNC(=O)c1cccc(NC(=O)COC(=O)c2cc(C)n(CC)c2C)c1. The van der Waals surface area contributed by atoms with Gasteiger partial charge in [0.05, 0.1) is 5.56 Å². The standard InChI is InChI=1S/C20H25N3O4/c1-5-21-19(25)15-8-7-9-16(11-15)22-18(24)12-27-20(26)17-10-13(3)23(6-2)14(17)4/h7-11H,5-6,12H2,1-4H3,(H,21,25)(H,22,24). The minimum atomic E-state index is -0.533. The van der Waals surface area contributed by atoms with Gasteiger partial charge in [0.25, 0.3) is 11.8 Å². The molecule has 0 aliphatic rings. The lowest BCUT2D eigenvalue weighted by Crippen LogP contribution is -2.23. The lowest BCUT2D eigenvalue weighted by molar-refractivity contribution is -0.119. The summed E-state index contributed by atoms with van der Waals surface area (Å²) in [6.45, 7) is 8.46. The molecule has 7 heteroatoms. The van der Waals surface area contributed by atoms with Gasteiger partial charge < -0.3 is 19.9 Å². The summed E-state index contributed by atoms with van der Waals surface area (Å²) in [5.41, 5.74) is 3.15. The number of rotatable bonds is 7. The third-order valence-corrected chi connectivity index (χ3v) is 4.19. The van der Waals surface area contributed by atoms with Gasteiger partial charge in [-0.2, -0.15) is 0 Å². The highest BCUT2D eigenvalue weighted by molar-refractivity contribution is 5.98. The first-order chi connectivity index (χ1) is 12.9. The highest BCUT2D eigenvalue weighted by Gasteiger charge is 2.17. The van der Waals surface area contributed by atoms with Crippen LogP contribution in [0.25, 0.3) is 0 Å². The van der Waals surface area contributed by atoms with Crippen LogP contribution >= 0.6 is 0 Å². The number of benzene rings is 1. The fourth-order valence-corrected chi connectivity index (χ4v) is 2.90. The number of nitrogens with zero attached hydrogens (tertiary/aromatic N) is 1. The zero-order valence-corrected chi connectivity index (χ0v) is 16.1. The van der Waals surface area contributed by atoms with Crippen LogP contribution in [-0.4, -0.2) is 35.5 Å². The number of esters is 1. The van der Waals surface area contributed by atoms with Crippen LogP contribution < -0.4 is 10.6 Å². The second-order valence-corrected chi connectivity index (χ2v) is 6.09. The van der Waals surface area contributed by atoms with Gasteiger partial charge in [0.2, 0.25) is 0 Å². The number of anilines is 1. The molecule has 7 nitrogen and oxygen atoms in total. The van der Waals surface area contributed by atoms with Crippen LogP contribution in [-0.2, 0) is 16.1 Å². The zero-order valence-electron chi connectivity index (χ0n) is 16.1. The van der Waals surface area contributed by atoms with Gasteiger partial charge in [-0.05, 0) is 52.0 Å². The number of nitrogens with one attached hydrogen (secondary N) is 2. The Morgan fingerprint density at radius 2 is 1.85 bits per heavy atom. The van der Waals surface area contributed by atoms with Gasteiger partial charge in [0.1, 0.15) is 0 Å². The van der Waals surface area contributed by atoms with E-state index in [1.54, 1.807) is 30.3 Å². The lowest BCUT2D eigenvalue weighted by atomic mass is 10.2. The summed E-state index contributed by atoms with van der Waals surface area (Å²) in [7, 11) is 0. The first kappa shape index (κ1) is 20.2. The Labute approximate surface area is 158 Å². The van der Waals surface area contributed by atoms with Crippen molar-refractivity contribution < 1.29 is 19.1 Å². The monoisotopic (exact) mass is 371 g/mol. The van der Waals surface area contributed by atoms with Crippen LogP contribution in [0, 0.1) is 13.8 Å². The maximum atomic E-state index is 12.3. The van der Waals surface area contributed by atoms with Crippen molar-refractivity contribution in [3.8, 4) is 0 Å². The average Bonchev–Trinajstić information content (AvgIpc) is 2.93. The van der Waals surface area contributed by atoms with Crippen LogP contribution in [0.2, 0.25) is 0 Å². The number of aromatic nitrogens is 1. The number of amides is 2. The minimum Gasteiger partial charge on any atom is -0.452 e. The third kappa shape index (κ3) is 4.97. The van der Waals surface area contributed by atoms with E-state index in [9.17, 15) is 14.4 Å². The molecule has 1 aromatic carbocycles. The molecule has 2 N–H and O–H groups in total. The molecule has 0 unspecified atom stereocenters. The number of hydrogen-bond donors (Lipinski definition) is 2. The van der Waals surface area contributed by atoms with Gasteiger partial charge in [-0.15, -0.1) is 0 Å². The normalized spacial score (nSPS) is 10.4. The van der Waals surface area contributed by atoms with E-state index in [0.717, 1.165) is 17.9 Å². The molecular weight excluding hydrogens is 346 g/mol. The summed E-state index contributed by atoms with van der Waals surface area (Å²) >= 11 is 0. The zero-order chi connectivity index (χ0) is 20.0. The number of ether oxygens (including phenoxy) is 1. The van der Waals surface area contributed by atoms with Crippen molar-refractivity contribution in [1.29, 1.82) is 0 Å². The average molecular weight is 371 g/mol. The summed E-state index contributed by atoms with van der Waals surface area (Å²) in [5.74, 6) is -1.22. The lowest BCUT2D eigenvalue weighted by Gasteiger charge is -2.09. The van der Waals surface area contributed by atoms with Crippen molar-refractivity contribution in [2.24, 2.45) is 0 Å². The van der Waals surface area contributed by atoms with E-state index >= 15 is 0 Å². The van der Waals surface area contributed by atoms with E-state index in [2.05, 4.69) is 10.6 Å². The number of hydrogen-bond acceptors (Lipinski definition) is 4. The Hall–Kier alpha value is -3.09. The molecule has 0 saturated carbocycles. The fourth-order valence-electron chi connectivity index (χ4n) is 2.90. The summed E-state index contributed by atoms with van der Waals surface area (Å²) in [6, 6.07) is 8.32. The van der Waals surface area contributed by atoms with Crippen molar-refractivity contribution in [1.82, 2.24) is 9.88 Å². The molecule has 2 rings (SSSR count). The van der Waals surface area contributed by atoms with Gasteiger partial charge in [0, 0.05) is 35.7 Å². The molecule has 0 atom stereocenters. The van der Waals surface area contributed by atoms with Gasteiger partial charge in [-0.3, -0.25) is 9.59 Å². The Morgan fingerprint density at radius 3 is 2.48 bits per heavy atom. The van der Waals surface area contributed by atoms with Gasteiger partial charge in [-0.1, -0.05) is 6.07 Å². The van der Waals surface area contributed by atoms with Crippen LogP contribution in [0.5, 0.6) is 0 Å². The van der Waals surface area contributed by atoms with Crippen LogP contribution in [0.15, 0.2) is 30.3 Å². The molecule has 0 spiro atoms. The molecule has 1 heterocycles. The predicted molar refractivity (Wildman–Crippen MR) is 103 cm³/mol. The highest BCUT2D eigenvalue weighted by atomic mass is 16.5. The molecule has 0 radical (unpaired) electrons. The van der Waals surface area contributed by atoms with Crippen molar-refractivity contribution in [3.63, 3.8) is 0 Å². The molecule has 2 aromatic rings. The van der Waals surface area contributed by atoms with E-state index in [1.807, 2.05) is 32.3 Å². The fraction of sp³-hybridized carbons (Fsp3) is 0.350. The maximum Gasteiger partial charge on any atom is 0.340 e. The summed E-state index contributed by atoms with van der Waals surface area (Å²) in [4.78, 5) is 36.2. The molecule has 144 valence electrons. The Kier molecular flexibility index (Phi) is 6.76. The van der Waals surface area contributed by atoms with Crippen molar-refractivity contribution in [3.05, 3.63) is 52.8 Å². The molecule has 0 bridgehead atoms. The molecule has 0 fully saturated rings. The second-order valence-electron chi connectivity index (χ2n) is 6.09. The molecule has 27 heavy (non-hydrogen) atoms. The second kappa shape index (κ2) is 9.02. The number of carbonyl (C=O) groups excluding carboxylic acids is 3. The van der Waals surface area contributed by atoms with Crippen LogP contribution in [0.4, 0.5) is 5.69 Å². The molecular formula is C20H25N3O4. The topological polar surface area (TPSA) is 89.4 Å². The third-order valence-electron chi connectivity index (χ3n) is 4.19. The smallest absolute Gasteiger partial charge is 0.340 e. The quantitative estimate of drug-likeness (QED) is 0.732. The summed E-state index contributed by atoms with van der Waals surface area (Å²) in [6.07, 6.45) is 0. The number of aryl methyl sites for hydroxylation is 1. The van der Waals surface area contributed by atoms with E-state index in [-0.39, 0.29) is 5.91 Å². The minimum absolute atomic E-state index is 0.216. The Bertz CT molecular complexity index is 855. The predicted octanol–water partition coefficient (Wildman–Crippen LogP) is 2.67. The largest absolute Gasteiger partial charge is 0.452 e. The Balaban J connectivity index is 1.96. The maximum absolute atomic E-state index is 12.3. The van der Waals surface area contributed by atoms with E-state index in [1.165, 1.54) is 0 Å². The molecule has 0 saturated heterocycles. The molecule has 2 amide bonds. The van der Waals surface area contributed by atoms with Crippen LogP contribution in [0.1, 0.15) is 46.0 Å². The van der Waals surface area contributed by atoms with Gasteiger partial charge in [-0.25, -0.2) is 4.79 Å². The molecule has 0 aliphatic heterocycles. The first-order valence-corrected chi connectivity index (χ1v) is 8.89. The van der Waals surface area contributed by atoms with Gasteiger partial charge in [0.15, 0.2) is 6.61 Å². The summed E-state index contributed by atoms with van der Waals surface area (Å²) in [5, 5.41) is 5.32. The Morgan fingerprint density at radius 1 is 1.11 bits per heavy atom. The van der Waals surface area contributed by atoms with E-state index in [4.69, 9.17) is 4.74 Å². The molecule has 1 aromatic heterocycles. The molecule has 0 aliphatic carbocycles. The summed E-state index contributed by atoms with van der Waals surface area (Å²) < 4.78 is 7.13. The van der Waals surface area contributed by atoms with E-state index < -0.39 is 18.5 Å². The highest BCUT2D eigenvalue weighted by Crippen LogP contribution is 2.16. The number of carbonyl (C=O) groups is 3. The van der Waals surface area contributed by atoms with E-state index in [0.29, 0.717) is 23.4 Å². The first-order valence-electron chi connectivity index (χ1n) is 8.89. The van der Waals surface area contributed by atoms with Crippen LogP contribution in [0.3, 0.4) is 0 Å².